The molecule has 8 heteroatoms. The Morgan fingerprint density at radius 3 is 2.28 bits per heavy atom. The Bertz CT molecular complexity index is 861. The average Bonchev–Trinajstić information content (AvgIpc) is 3.15. The van der Waals surface area contributed by atoms with Crippen LogP contribution in [0.25, 0.3) is 0 Å². The zero-order valence-corrected chi connectivity index (χ0v) is 19.8. The van der Waals surface area contributed by atoms with E-state index >= 15 is 0 Å². The van der Waals surface area contributed by atoms with Gasteiger partial charge in [0.25, 0.3) is 0 Å². The summed E-state index contributed by atoms with van der Waals surface area (Å²) in [6.45, 7) is 9.46. The van der Waals surface area contributed by atoms with Crippen molar-refractivity contribution < 1.29 is 14.4 Å². The fourth-order valence-corrected chi connectivity index (χ4v) is 5.56. The van der Waals surface area contributed by atoms with Crippen molar-refractivity contribution in [3.05, 3.63) is 29.3 Å². The highest BCUT2D eigenvalue weighted by molar-refractivity contribution is 6.33. The van der Waals surface area contributed by atoms with Gasteiger partial charge in [0.2, 0.25) is 17.7 Å². The van der Waals surface area contributed by atoms with Crippen molar-refractivity contribution in [1.82, 2.24) is 14.7 Å². The molecule has 3 aliphatic heterocycles. The van der Waals surface area contributed by atoms with Gasteiger partial charge in [-0.3, -0.25) is 19.3 Å². The van der Waals surface area contributed by atoms with E-state index in [0.29, 0.717) is 61.8 Å². The third-order valence-electron chi connectivity index (χ3n) is 6.88. The molecule has 0 radical (unpaired) electrons. The molecule has 3 heterocycles. The van der Waals surface area contributed by atoms with Crippen molar-refractivity contribution in [3.8, 4) is 0 Å². The number of carbonyl (C=O) groups is 3. The monoisotopic (exact) mass is 460 g/mol. The van der Waals surface area contributed by atoms with Crippen molar-refractivity contribution in [2.75, 3.05) is 57.3 Å². The van der Waals surface area contributed by atoms with Crippen LogP contribution in [-0.4, -0.2) is 84.8 Å². The second kappa shape index (κ2) is 9.79. The van der Waals surface area contributed by atoms with Crippen LogP contribution in [0.4, 0.5) is 5.69 Å². The molecular weight excluding hydrogens is 428 g/mol. The van der Waals surface area contributed by atoms with Crippen LogP contribution in [0.5, 0.6) is 0 Å². The molecule has 0 spiro atoms. The van der Waals surface area contributed by atoms with E-state index in [4.69, 9.17) is 11.6 Å². The largest absolute Gasteiger partial charge is 0.341 e. The number of nitrogens with zero attached hydrogens (tertiary/aromatic N) is 4. The molecule has 3 saturated heterocycles. The van der Waals surface area contributed by atoms with Gasteiger partial charge in [0.05, 0.1) is 23.2 Å². The highest BCUT2D eigenvalue weighted by Gasteiger charge is 2.38. The lowest BCUT2D eigenvalue weighted by atomic mass is 9.92. The molecule has 3 amide bonds. The normalized spacial score (nSPS) is 27.2. The first-order valence-corrected chi connectivity index (χ1v) is 12.0. The van der Waals surface area contributed by atoms with Gasteiger partial charge in [-0.25, -0.2) is 0 Å². The molecule has 32 heavy (non-hydrogen) atoms. The molecule has 0 saturated carbocycles. The second-order valence-corrected chi connectivity index (χ2v) is 10.1. The van der Waals surface area contributed by atoms with E-state index in [-0.39, 0.29) is 30.1 Å². The van der Waals surface area contributed by atoms with E-state index in [1.807, 2.05) is 28.0 Å². The topological polar surface area (TPSA) is 64.2 Å². The molecule has 1 aromatic carbocycles. The van der Waals surface area contributed by atoms with Crippen LogP contribution in [0, 0.1) is 17.8 Å². The Balaban J connectivity index is 1.27. The minimum Gasteiger partial charge on any atom is -0.341 e. The molecule has 3 aliphatic rings. The number of hydrogen-bond acceptors (Lipinski definition) is 4. The molecule has 0 aliphatic carbocycles. The van der Waals surface area contributed by atoms with Crippen molar-refractivity contribution in [2.24, 2.45) is 17.8 Å². The Kier molecular flexibility index (Phi) is 7.05. The highest BCUT2D eigenvalue weighted by atomic mass is 35.5. The average molecular weight is 461 g/mol. The van der Waals surface area contributed by atoms with Gasteiger partial charge in [-0.2, -0.15) is 0 Å². The summed E-state index contributed by atoms with van der Waals surface area (Å²) in [5, 5.41) is 0.518. The van der Waals surface area contributed by atoms with Crippen molar-refractivity contribution >= 4 is 35.0 Å². The van der Waals surface area contributed by atoms with Crippen molar-refractivity contribution in [3.63, 3.8) is 0 Å². The molecule has 3 fully saturated rings. The molecule has 0 N–H and O–H groups in total. The smallest absolute Gasteiger partial charge is 0.236 e. The zero-order valence-electron chi connectivity index (χ0n) is 19.0. The van der Waals surface area contributed by atoms with E-state index in [2.05, 4.69) is 18.7 Å². The number of benzene rings is 1. The lowest BCUT2D eigenvalue weighted by Crippen LogP contribution is -2.54. The van der Waals surface area contributed by atoms with E-state index in [1.165, 1.54) is 6.42 Å². The number of para-hydroxylation sites is 1. The predicted molar refractivity (Wildman–Crippen MR) is 124 cm³/mol. The summed E-state index contributed by atoms with van der Waals surface area (Å²) < 4.78 is 0. The van der Waals surface area contributed by atoms with Gasteiger partial charge in [0.15, 0.2) is 0 Å². The number of amides is 3. The second-order valence-electron chi connectivity index (χ2n) is 9.70. The SMILES string of the molecule is CC1CC(C)CN(C(=O)CN2CCN(C(=O)C3CC(=O)N(c4ccccc4Cl)C3)CC2)C1. The summed E-state index contributed by atoms with van der Waals surface area (Å²) in [4.78, 5) is 46.0. The van der Waals surface area contributed by atoms with Gasteiger partial charge < -0.3 is 14.7 Å². The first-order valence-electron chi connectivity index (χ1n) is 11.7. The van der Waals surface area contributed by atoms with Crippen LogP contribution < -0.4 is 4.90 Å². The molecule has 0 bridgehead atoms. The number of piperazine rings is 1. The van der Waals surface area contributed by atoms with Gasteiger partial charge in [0.1, 0.15) is 0 Å². The Morgan fingerprint density at radius 2 is 1.62 bits per heavy atom. The van der Waals surface area contributed by atoms with Crippen molar-refractivity contribution in [1.29, 1.82) is 0 Å². The minimum absolute atomic E-state index is 0.0255. The van der Waals surface area contributed by atoms with Crippen LogP contribution >= 0.6 is 11.6 Å². The van der Waals surface area contributed by atoms with Crippen molar-refractivity contribution in [2.45, 2.75) is 26.7 Å². The maximum Gasteiger partial charge on any atom is 0.236 e. The summed E-state index contributed by atoms with van der Waals surface area (Å²) >= 11 is 6.25. The quantitative estimate of drug-likeness (QED) is 0.691. The predicted octanol–water partition coefficient (Wildman–Crippen LogP) is 2.34. The number of hydrogen-bond donors (Lipinski definition) is 0. The molecular formula is C24H33ClN4O3. The van der Waals surface area contributed by atoms with Gasteiger partial charge in [-0.05, 0) is 30.4 Å². The molecule has 3 unspecified atom stereocenters. The van der Waals surface area contributed by atoms with Crippen LogP contribution in [0.15, 0.2) is 24.3 Å². The Labute approximate surface area is 195 Å². The maximum atomic E-state index is 13.1. The Hall–Kier alpha value is -2.12. The molecule has 7 nitrogen and oxygen atoms in total. The maximum absolute atomic E-state index is 13.1. The number of rotatable bonds is 4. The first kappa shape index (κ1) is 23.1. The van der Waals surface area contributed by atoms with Crippen LogP contribution in [0.3, 0.4) is 0 Å². The zero-order chi connectivity index (χ0) is 22.8. The van der Waals surface area contributed by atoms with Crippen LogP contribution in [-0.2, 0) is 14.4 Å². The van der Waals surface area contributed by atoms with Gasteiger partial charge >= 0.3 is 0 Å². The fraction of sp³-hybridized carbons (Fsp3) is 0.625. The molecule has 4 rings (SSSR count). The summed E-state index contributed by atoms with van der Waals surface area (Å²) in [5.41, 5.74) is 0.666. The summed E-state index contributed by atoms with van der Waals surface area (Å²) in [6.07, 6.45) is 1.40. The van der Waals surface area contributed by atoms with Gasteiger partial charge in [-0.1, -0.05) is 37.6 Å². The summed E-state index contributed by atoms with van der Waals surface area (Å²) in [7, 11) is 0. The summed E-state index contributed by atoms with van der Waals surface area (Å²) in [5.74, 6) is 0.916. The van der Waals surface area contributed by atoms with E-state index < -0.39 is 0 Å². The standard InChI is InChI=1S/C24H33ClN4O3/c1-17-11-18(2)14-28(13-17)23(31)16-26-7-9-27(10-8-26)24(32)19-12-22(30)29(15-19)21-6-4-3-5-20(21)25/h3-6,17-19H,7-16H2,1-2H3. The fourth-order valence-electron chi connectivity index (χ4n) is 5.32. The van der Waals surface area contributed by atoms with E-state index in [1.54, 1.807) is 11.0 Å². The molecule has 0 aromatic heterocycles. The first-order chi connectivity index (χ1) is 15.3. The van der Waals surface area contributed by atoms with Gasteiger partial charge in [-0.15, -0.1) is 0 Å². The lowest BCUT2D eigenvalue weighted by Gasteiger charge is -2.38. The Morgan fingerprint density at radius 1 is 0.969 bits per heavy atom. The van der Waals surface area contributed by atoms with Gasteiger partial charge in [0, 0.05) is 52.2 Å². The van der Waals surface area contributed by atoms with Crippen LogP contribution in [0.1, 0.15) is 26.7 Å². The third kappa shape index (κ3) is 5.09. The minimum atomic E-state index is -0.344. The highest BCUT2D eigenvalue weighted by Crippen LogP contribution is 2.31. The number of likely N-dealkylation sites (tertiary alicyclic amines) is 1. The lowest BCUT2D eigenvalue weighted by molar-refractivity contribution is -0.139. The number of halogens is 1. The molecule has 174 valence electrons. The summed E-state index contributed by atoms with van der Waals surface area (Å²) in [6, 6.07) is 7.23. The third-order valence-corrected chi connectivity index (χ3v) is 7.20. The van der Waals surface area contributed by atoms with Crippen LogP contribution in [0.2, 0.25) is 5.02 Å². The number of anilines is 1. The van der Waals surface area contributed by atoms with E-state index in [9.17, 15) is 14.4 Å². The molecule has 3 atom stereocenters. The van der Waals surface area contributed by atoms with E-state index in [0.717, 1.165) is 13.1 Å². The molecule has 1 aromatic rings. The number of carbonyl (C=O) groups excluding carboxylic acids is 3. The number of piperidine rings is 1.